The second kappa shape index (κ2) is 7.53. The second-order valence-corrected chi connectivity index (χ2v) is 8.08. The summed E-state index contributed by atoms with van der Waals surface area (Å²) in [6, 6.07) is 0. The van der Waals surface area contributed by atoms with Gasteiger partial charge in [0.1, 0.15) is 0 Å². The predicted octanol–water partition coefficient (Wildman–Crippen LogP) is 3.16. The Balaban J connectivity index is 0.00000133. The summed E-state index contributed by atoms with van der Waals surface area (Å²) in [4.78, 5) is 2.80. The minimum Gasteiger partial charge on any atom is -0.317 e. The van der Waals surface area contributed by atoms with Gasteiger partial charge < -0.3 is 10.2 Å². The molecule has 2 nitrogen and oxygen atoms in total. The number of thioether (sulfide) groups is 1. The highest BCUT2D eigenvalue weighted by Crippen LogP contribution is 2.42. The fourth-order valence-corrected chi connectivity index (χ4v) is 5.64. The van der Waals surface area contributed by atoms with E-state index in [0.29, 0.717) is 4.75 Å². The van der Waals surface area contributed by atoms with Gasteiger partial charge in [0.25, 0.3) is 0 Å². The van der Waals surface area contributed by atoms with Gasteiger partial charge in [-0.25, -0.2) is 0 Å². The minimum atomic E-state index is 0. The van der Waals surface area contributed by atoms with Gasteiger partial charge >= 0.3 is 0 Å². The highest BCUT2D eigenvalue weighted by atomic mass is 35.5. The molecule has 0 amide bonds. The van der Waals surface area contributed by atoms with Crippen molar-refractivity contribution < 1.29 is 0 Å². The van der Waals surface area contributed by atoms with E-state index in [2.05, 4.69) is 22.0 Å². The number of halogens is 1. The fourth-order valence-electron chi connectivity index (χ4n) is 4.01. The third-order valence-corrected chi connectivity index (χ3v) is 6.60. The molecule has 0 unspecified atom stereocenters. The fraction of sp³-hybridized carbons (Fsp3) is 1.00. The zero-order valence-corrected chi connectivity index (χ0v) is 13.7. The quantitative estimate of drug-likeness (QED) is 0.843. The van der Waals surface area contributed by atoms with Crippen molar-refractivity contribution in [2.75, 3.05) is 38.5 Å². The van der Waals surface area contributed by atoms with E-state index in [4.69, 9.17) is 0 Å². The summed E-state index contributed by atoms with van der Waals surface area (Å²) in [5.74, 6) is 2.35. The molecule has 2 heterocycles. The van der Waals surface area contributed by atoms with Crippen LogP contribution in [-0.2, 0) is 0 Å². The van der Waals surface area contributed by atoms with Crippen molar-refractivity contribution in [1.82, 2.24) is 10.2 Å². The molecule has 1 aliphatic carbocycles. The van der Waals surface area contributed by atoms with Crippen LogP contribution in [0.15, 0.2) is 0 Å². The molecule has 3 rings (SSSR count). The van der Waals surface area contributed by atoms with Crippen LogP contribution >= 0.6 is 24.2 Å². The lowest BCUT2D eigenvalue weighted by atomic mass is 9.87. The van der Waals surface area contributed by atoms with Gasteiger partial charge in [0.2, 0.25) is 0 Å². The van der Waals surface area contributed by atoms with Crippen LogP contribution in [0.5, 0.6) is 0 Å². The summed E-state index contributed by atoms with van der Waals surface area (Å²) in [7, 11) is 0. The number of piperidine rings is 1. The number of hydrogen-bond acceptors (Lipinski definition) is 3. The summed E-state index contributed by atoms with van der Waals surface area (Å²) in [5.41, 5.74) is 0. The SMILES string of the molecule is C1CCC2(CC1)CN(CC1CCNCC1)CCS2.Cl. The molecule has 1 N–H and O–H groups in total. The van der Waals surface area contributed by atoms with Crippen LogP contribution in [0.1, 0.15) is 44.9 Å². The number of hydrogen-bond donors (Lipinski definition) is 1. The van der Waals surface area contributed by atoms with Crippen LogP contribution in [0.25, 0.3) is 0 Å². The normalized spacial score (nSPS) is 29.1. The molecular formula is C15H29ClN2S. The van der Waals surface area contributed by atoms with Crippen LogP contribution in [-0.4, -0.2) is 48.1 Å². The molecule has 0 aromatic heterocycles. The summed E-state index contributed by atoms with van der Waals surface area (Å²) in [6.07, 6.45) is 10.2. The van der Waals surface area contributed by atoms with Crippen LogP contribution in [0.3, 0.4) is 0 Å². The summed E-state index contributed by atoms with van der Waals surface area (Å²) >= 11 is 2.30. The van der Waals surface area contributed by atoms with E-state index >= 15 is 0 Å². The Morgan fingerprint density at radius 3 is 2.58 bits per heavy atom. The topological polar surface area (TPSA) is 15.3 Å². The van der Waals surface area contributed by atoms with E-state index in [1.807, 2.05) is 0 Å². The van der Waals surface area contributed by atoms with E-state index in [1.165, 1.54) is 83.4 Å². The molecule has 19 heavy (non-hydrogen) atoms. The Labute approximate surface area is 128 Å². The van der Waals surface area contributed by atoms with E-state index < -0.39 is 0 Å². The first kappa shape index (κ1) is 15.9. The lowest BCUT2D eigenvalue weighted by Crippen LogP contribution is -2.49. The Morgan fingerprint density at radius 1 is 1.11 bits per heavy atom. The van der Waals surface area contributed by atoms with Crippen molar-refractivity contribution in [3.05, 3.63) is 0 Å². The monoisotopic (exact) mass is 304 g/mol. The second-order valence-electron chi connectivity index (χ2n) is 6.52. The Bertz CT molecular complexity index is 257. The van der Waals surface area contributed by atoms with Gasteiger partial charge in [-0.3, -0.25) is 0 Å². The lowest BCUT2D eigenvalue weighted by molar-refractivity contribution is 0.176. The van der Waals surface area contributed by atoms with Gasteiger partial charge in [-0.15, -0.1) is 12.4 Å². The Kier molecular flexibility index (Phi) is 6.32. The lowest BCUT2D eigenvalue weighted by Gasteiger charge is -2.45. The first-order valence-corrected chi connectivity index (χ1v) is 8.92. The molecule has 2 saturated heterocycles. The molecule has 4 heteroatoms. The summed E-state index contributed by atoms with van der Waals surface area (Å²) < 4.78 is 0.656. The van der Waals surface area contributed by atoms with Gasteiger partial charge in [-0.1, -0.05) is 19.3 Å². The molecule has 0 aromatic rings. The molecule has 112 valence electrons. The largest absolute Gasteiger partial charge is 0.317 e. The van der Waals surface area contributed by atoms with Crippen molar-refractivity contribution in [2.24, 2.45) is 5.92 Å². The Hall–Kier alpha value is 0.560. The number of rotatable bonds is 2. The highest BCUT2D eigenvalue weighted by Gasteiger charge is 2.37. The van der Waals surface area contributed by atoms with E-state index in [9.17, 15) is 0 Å². The maximum atomic E-state index is 3.49. The zero-order valence-electron chi connectivity index (χ0n) is 12.0. The van der Waals surface area contributed by atoms with E-state index in [0.717, 1.165) is 5.92 Å². The molecule has 3 fully saturated rings. The first-order valence-electron chi connectivity index (χ1n) is 7.93. The van der Waals surface area contributed by atoms with Crippen molar-refractivity contribution >= 4 is 24.2 Å². The van der Waals surface area contributed by atoms with Crippen LogP contribution < -0.4 is 5.32 Å². The molecular weight excluding hydrogens is 276 g/mol. The highest BCUT2D eigenvalue weighted by molar-refractivity contribution is 8.00. The van der Waals surface area contributed by atoms with Crippen molar-refractivity contribution in [3.8, 4) is 0 Å². The predicted molar refractivity (Wildman–Crippen MR) is 87.6 cm³/mol. The summed E-state index contributed by atoms with van der Waals surface area (Å²) in [5, 5.41) is 3.49. The maximum Gasteiger partial charge on any atom is 0.0287 e. The maximum absolute atomic E-state index is 3.49. The Morgan fingerprint density at radius 2 is 1.84 bits per heavy atom. The van der Waals surface area contributed by atoms with Gasteiger partial charge in [-0.05, 0) is 44.7 Å². The third kappa shape index (κ3) is 4.26. The van der Waals surface area contributed by atoms with E-state index in [1.54, 1.807) is 0 Å². The molecule has 0 bridgehead atoms. The smallest absolute Gasteiger partial charge is 0.0287 e. The van der Waals surface area contributed by atoms with Crippen LogP contribution in [0.2, 0.25) is 0 Å². The molecule has 0 aromatic carbocycles. The average Bonchev–Trinajstić information content (AvgIpc) is 2.41. The average molecular weight is 305 g/mol. The number of nitrogens with one attached hydrogen (secondary N) is 1. The summed E-state index contributed by atoms with van der Waals surface area (Å²) in [6.45, 7) is 6.61. The molecule has 0 atom stereocenters. The van der Waals surface area contributed by atoms with Gasteiger partial charge in [0, 0.05) is 30.1 Å². The molecule has 1 spiro atoms. The van der Waals surface area contributed by atoms with Crippen LogP contribution in [0.4, 0.5) is 0 Å². The van der Waals surface area contributed by atoms with Crippen LogP contribution in [0, 0.1) is 5.92 Å². The van der Waals surface area contributed by atoms with Gasteiger partial charge in [0.15, 0.2) is 0 Å². The van der Waals surface area contributed by atoms with Crippen molar-refractivity contribution in [3.63, 3.8) is 0 Å². The molecule has 1 saturated carbocycles. The van der Waals surface area contributed by atoms with Gasteiger partial charge in [0.05, 0.1) is 0 Å². The first-order chi connectivity index (χ1) is 8.86. The van der Waals surface area contributed by atoms with E-state index in [-0.39, 0.29) is 12.4 Å². The minimum absolute atomic E-state index is 0. The standard InChI is InChI=1S/C15H28N2S.ClH/c1-2-6-15(7-3-1)13-17(10-11-18-15)12-14-4-8-16-9-5-14;/h14,16H,1-13H2;1H. The van der Waals surface area contributed by atoms with Gasteiger partial charge in [-0.2, -0.15) is 11.8 Å². The zero-order chi connectivity index (χ0) is 12.3. The van der Waals surface area contributed by atoms with Crippen molar-refractivity contribution in [2.45, 2.75) is 49.7 Å². The van der Waals surface area contributed by atoms with Crippen molar-refractivity contribution in [1.29, 1.82) is 0 Å². The number of nitrogens with zero attached hydrogens (tertiary/aromatic N) is 1. The third-order valence-electron chi connectivity index (χ3n) is 5.07. The molecule has 0 radical (unpaired) electrons. The molecule has 2 aliphatic heterocycles. The molecule has 3 aliphatic rings.